The Balaban J connectivity index is 1.86. The van der Waals surface area contributed by atoms with Crippen LogP contribution in [-0.2, 0) is 39.8 Å². The quantitative estimate of drug-likeness (QED) is 0.215. The van der Waals surface area contributed by atoms with Gasteiger partial charge in [0.15, 0.2) is 6.10 Å². The summed E-state index contributed by atoms with van der Waals surface area (Å²) in [5.41, 5.74) is -0.0478. The Bertz CT molecular complexity index is 1180. The van der Waals surface area contributed by atoms with Gasteiger partial charge < -0.3 is 35.3 Å². The molecule has 12 heteroatoms. The number of rotatable bonds is 10. The number of cyclic esters (lactones) is 2. The predicted molar refractivity (Wildman–Crippen MR) is 174 cm³/mol. The standard InChI is InChI=1S/C35H53N3O9/c1-5-6-17-25-22-45-29(39)19-18-26(31(41)37-27(30(40)33(43)46-25)20-23-13-9-7-10-14-23)36-32(42)28(21-24-15-11-8-12-16-24)38-34(44)47-35(2,3)4/h8,11-12,15-16,23,25-28,30,40H,5-7,9-10,13-14,17-22H2,1-4H3,(H,36,42)(H,37,41)(H,38,44)/t25?,26?,27-,28-,30+/m0/s1. The van der Waals surface area contributed by atoms with E-state index in [4.69, 9.17) is 14.2 Å². The molecule has 0 bridgehead atoms. The van der Waals surface area contributed by atoms with Gasteiger partial charge >= 0.3 is 18.0 Å². The van der Waals surface area contributed by atoms with Crippen molar-refractivity contribution < 1.29 is 43.3 Å². The van der Waals surface area contributed by atoms with Gasteiger partial charge in [0, 0.05) is 12.8 Å². The normalized spacial score (nSPS) is 24.2. The zero-order valence-electron chi connectivity index (χ0n) is 28.3. The molecule has 1 saturated carbocycles. The zero-order valence-corrected chi connectivity index (χ0v) is 28.3. The first-order valence-corrected chi connectivity index (χ1v) is 17.0. The smallest absolute Gasteiger partial charge is 0.408 e. The first kappa shape index (κ1) is 37.8. The summed E-state index contributed by atoms with van der Waals surface area (Å²) in [7, 11) is 0. The number of aliphatic hydroxyl groups excluding tert-OH is 1. The molecule has 2 fully saturated rings. The molecule has 5 atom stereocenters. The number of esters is 2. The molecule has 4 N–H and O–H groups in total. The lowest BCUT2D eigenvalue weighted by Gasteiger charge is -2.31. The minimum Gasteiger partial charge on any atom is -0.462 e. The Morgan fingerprint density at radius 3 is 2.43 bits per heavy atom. The number of carbonyl (C=O) groups excluding carboxylic acids is 5. The van der Waals surface area contributed by atoms with Crippen LogP contribution in [0.1, 0.15) is 104 Å². The van der Waals surface area contributed by atoms with E-state index < -0.39 is 65.8 Å². The Labute approximate surface area is 278 Å². The summed E-state index contributed by atoms with van der Waals surface area (Å²) >= 11 is 0. The van der Waals surface area contributed by atoms with Gasteiger partial charge in [-0.3, -0.25) is 14.4 Å². The maximum absolute atomic E-state index is 13.8. The molecule has 1 heterocycles. The molecule has 0 aromatic heterocycles. The van der Waals surface area contributed by atoms with Crippen molar-refractivity contribution in [1.29, 1.82) is 0 Å². The van der Waals surface area contributed by atoms with Gasteiger partial charge in [-0.2, -0.15) is 0 Å². The molecule has 1 saturated heterocycles. The highest BCUT2D eigenvalue weighted by atomic mass is 16.6. The van der Waals surface area contributed by atoms with E-state index >= 15 is 0 Å². The second-order valence-electron chi connectivity index (χ2n) is 13.7. The first-order chi connectivity index (χ1) is 22.3. The largest absolute Gasteiger partial charge is 0.462 e. The fourth-order valence-electron chi connectivity index (χ4n) is 5.91. The van der Waals surface area contributed by atoms with Gasteiger partial charge in [-0.1, -0.05) is 75.8 Å². The Kier molecular flexibility index (Phi) is 15.0. The van der Waals surface area contributed by atoms with E-state index in [0.29, 0.717) is 12.8 Å². The van der Waals surface area contributed by atoms with Crippen LogP contribution in [0.15, 0.2) is 30.3 Å². The SMILES string of the molecule is CCCCC1COC(=O)CCC(NC(=O)[C@H](Cc2ccccc2)NC(=O)OC(C)(C)C)C(=O)N[C@@H](CC2CCCCC2)[C@@H](O)C(=O)O1. The fraction of sp³-hybridized carbons (Fsp3) is 0.686. The molecule has 12 nitrogen and oxygen atoms in total. The number of aliphatic hydroxyl groups is 1. The van der Waals surface area contributed by atoms with Crippen LogP contribution in [0.4, 0.5) is 4.79 Å². The zero-order chi connectivity index (χ0) is 34.4. The molecule has 0 spiro atoms. The molecule has 3 amide bonds. The molecule has 47 heavy (non-hydrogen) atoms. The van der Waals surface area contributed by atoms with Crippen LogP contribution in [0, 0.1) is 5.92 Å². The van der Waals surface area contributed by atoms with Crippen LogP contribution in [0.2, 0.25) is 0 Å². The fourth-order valence-corrected chi connectivity index (χ4v) is 5.91. The van der Waals surface area contributed by atoms with Crippen LogP contribution in [-0.4, -0.2) is 77.5 Å². The molecule has 1 aliphatic heterocycles. The van der Waals surface area contributed by atoms with E-state index in [1.54, 1.807) is 20.8 Å². The number of nitrogens with one attached hydrogen (secondary N) is 3. The third-order valence-electron chi connectivity index (χ3n) is 8.42. The van der Waals surface area contributed by atoms with E-state index in [-0.39, 0.29) is 31.8 Å². The van der Waals surface area contributed by atoms with Gasteiger partial charge in [0.1, 0.15) is 30.4 Å². The van der Waals surface area contributed by atoms with Crippen molar-refractivity contribution in [1.82, 2.24) is 16.0 Å². The van der Waals surface area contributed by atoms with Gasteiger partial charge in [-0.15, -0.1) is 0 Å². The molecular weight excluding hydrogens is 606 g/mol. The summed E-state index contributed by atoms with van der Waals surface area (Å²) in [5.74, 6) is -2.67. The second-order valence-corrected chi connectivity index (χ2v) is 13.7. The summed E-state index contributed by atoms with van der Waals surface area (Å²) in [5, 5.41) is 19.3. The van der Waals surface area contributed by atoms with Crippen LogP contribution >= 0.6 is 0 Å². The van der Waals surface area contributed by atoms with Crippen molar-refractivity contribution in [2.75, 3.05) is 6.61 Å². The van der Waals surface area contributed by atoms with E-state index in [1.807, 2.05) is 37.3 Å². The summed E-state index contributed by atoms with van der Waals surface area (Å²) in [6.07, 6.45) is 3.95. The topological polar surface area (TPSA) is 169 Å². The Hall–Kier alpha value is -3.67. The van der Waals surface area contributed by atoms with Gasteiger partial charge in [0.2, 0.25) is 11.8 Å². The molecular formula is C35H53N3O9. The van der Waals surface area contributed by atoms with Crippen molar-refractivity contribution in [3.63, 3.8) is 0 Å². The van der Waals surface area contributed by atoms with Crippen molar-refractivity contribution >= 4 is 29.8 Å². The number of benzene rings is 1. The van der Waals surface area contributed by atoms with E-state index in [1.165, 1.54) is 0 Å². The van der Waals surface area contributed by atoms with Crippen LogP contribution in [0.25, 0.3) is 0 Å². The van der Waals surface area contributed by atoms with Crippen molar-refractivity contribution in [3.8, 4) is 0 Å². The maximum Gasteiger partial charge on any atom is 0.408 e. The third kappa shape index (κ3) is 13.5. The summed E-state index contributed by atoms with van der Waals surface area (Å²) in [4.78, 5) is 66.2. The molecule has 1 aliphatic carbocycles. The summed E-state index contributed by atoms with van der Waals surface area (Å²) in [6, 6.07) is 5.74. The van der Waals surface area contributed by atoms with Gasteiger partial charge in [0.05, 0.1) is 6.04 Å². The lowest BCUT2D eigenvalue weighted by Crippen LogP contribution is -2.58. The highest BCUT2D eigenvalue weighted by molar-refractivity contribution is 5.92. The predicted octanol–water partition coefficient (Wildman–Crippen LogP) is 3.86. The third-order valence-corrected chi connectivity index (χ3v) is 8.42. The number of carbonyl (C=O) groups is 5. The van der Waals surface area contributed by atoms with Crippen molar-refractivity contribution in [3.05, 3.63) is 35.9 Å². The number of alkyl carbamates (subject to hydrolysis) is 1. The highest BCUT2D eigenvalue weighted by Crippen LogP contribution is 2.28. The highest BCUT2D eigenvalue weighted by Gasteiger charge is 2.36. The monoisotopic (exact) mass is 659 g/mol. The number of ether oxygens (including phenoxy) is 3. The number of hydrogen-bond acceptors (Lipinski definition) is 9. The first-order valence-electron chi connectivity index (χ1n) is 17.0. The van der Waals surface area contributed by atoms with Gasteiger partial charge in [-0.05, 0) is 57.9 Å². The average Bonchev–Trinajstić information content (AvgIpc) is 3.03. The molecule has 3 rings (SSSR count). The van der Waals surface area contributed by atoms with E-state index in [9.17, 15) is 29.1 Å². The number of unbranched alkanes of at least 4 members (excludes halogenated alkanes) is 1. The molecule has 0 radical (unpaired) electrons. The minimum absolute atomic E-state index is 0.107. The van der Waals surface area contributed by atoms with Gasteiger partial charge in [0.25, 0.3) is 0 Å². The van der Waals surface area contributed by atoms with Crippen molar-refractivity contribution in [2.24, 2.45) is 5.92 Å². The molecule has 262 valence electrons. The van der Waals surface area contributed by atoms with E-state index in [0.717, 1.165) is 50.5 Å². The Morgan fingerprint density at radius 1 is 1.06 bits per heavy atom. The van der Waals surface area contributed by atoms with E-state index in [2.05, 4.69) is 16.0 Å². The van der Waals surface area contributed by atoms with Crippen LogP contribution < -0.4 is 16.0 Å². The lowest BCUT2D eigenvalue weighted by molar-refractivity contribution is -0.168. The number of amides is 3. The summed E-state index contributed by atoms with van der Waals surface area (Å²) < 4.78 is 16.4. The molecule has 2 unspecified atom stereocenters. The van der Waals surface area contributed by atoms with Crippen LogP contribution in [0.5, 0.6) is 0 Å². The maximum atomic E-state index is 13.8. The molecule has 2 aliphatic rings. The molecule has 1 aromatic rings. The summed E-state index contributed by atoms with van der Waals surface area (Å²) in [6.45, 7) is 6.92. The molecule has 1 aromatic carbocycles. The number of hydrogen-bond donors (Lipinski definition) is 4. The van der Waals surface area contributed by atoms with Crippen molar-refractivity contribution in [2.45, 2.75) is 141 Å². The Morgan fingerprint density at radius 2 is 1.77 bits per heavy atom. The average molecular weight is 660 g/mol. The van der Waals surface area contributed by atoms with Gasteiger partial charge in [-0.25, -0.2) is 9.59 Å². The lowest BCUT2D eigenvalue weighted by atomic mass is 9.83. The second kappa shape index (κ2) is 18.6. The van der Waals surface area contributed by atoms with Crippen LogP contribution in [0.3, 0.4) is 0 Å². The minimum atomic E-state index is -1.66.